The van der Waals surface area contributed by atoms with Crippen molar-refractivity contribution in [2.24, 2.45) is 5.92 Å². The van der Waals surface area contributed by atoms with Gasteiger partial charge in [0.15, 0.2) is 0 Å². The van der Waals surface area contributed by atoms with Crippen LogP contribution in [0.25, 0.3) is 0 Å². The molecule has 3 amide bonds. The fourth-order valence-corrected chi connectivity index (χ4v) is 9.08. The number of thiazole rings is 1. The summed E-state index contributed by atoms with van der Waals surface area (Å²) in [6.07, 6.45) is 3.05. The van der Waals surface area contributed by atoms with E-state index in [4.69, 9.17) is 0 Å². The van der Waals surface area contributed by atoms with Crippen molar-refractivity contribution in [2.45, 2.75) is 55.8 Å². The molecular weight excluding hydrogens is 556 g/mol. The van der Waals surface area contributed by atoms with E-state index in [1.54, 1.807) is 12.1 Å². The van der Waals surface area contributed by atoms with E-state index < -0.39 is 17.1 Å². The molecule has 6 rings (SSSR count). The van der Waals surface area contributed by atoms with Crippen LogP contribution in [0, 0.1) is 5.92 Å². The second-order valence-electron chi connectivity index (χ2n) is 10.7. The number of carbonyl (C=O) groups excluding carboxylic acids is 3. The lowest BCUT2D eigenvalue weighted by molar-refractivity contribution is -0.133. The number of hydrogen-bond donors (Lipinski definition) is 0. The molecule has 3 aliphatic heterocycles. The zero-order valence-corrected chi connectivity index (χ0v) is 25.0. The van der Waals surface area contributed by atoms with E-state index in [1.807, 2.05) is 35.2 Å². The molecule has 214 valence electrons. The van der Waals surface area contributed by atoms with E-state index in [0.29, 0.717) is 23.8 Å². The second-order valence-corrected chi connectivity index (χ2v) is 12.8. The third kappa shape index (κ3) is 4.91. The molecule has 0 radical (unpaired) electrons. The van der Waals surface area contributed by atoms with Crippen LogP contribution in [0.5, 0.6) is 0 Å². The first-order chi connectivity index (χ1) is 19.9. The number of rotatable bonds is 7. The van der Waals surface area contributed by atoms with Crippen LogP contribution in [0.1, 0.15) is 49.5 Å². The molecule has 0 bridgehead atoms. The Kier molecular flexibility index (Phi) is 7.78. The highest BCUT2D eigenvalue weighted by molar-refractivity contribution is 8.00. The van der Waals surface area contributed by atoms with Crippen molar-refractivity contribution in [3.05, 3.63) is 74.7 Å². The standard InChI is InChI=1S/C31H34N4O4S2/c1-3-32(4-2)21-15-13-20(14-16-21)24-25-26(29(38)35(28(25)37)22-11-7-5-8-12-22)40-30-27(24)41-31(39)34(30)19-23(36)33-17-9-6-10-18-33/h5,7-8,11-16,24-26H,3-4,6,9-10,17-19H2,1-2H3. The quantitative estimate of drug-likeness (QED) is 0.375. The lowest BCUT2D eigenvalue weighted by Gasteiger charge is -2.31. The van der Waals surface area contributed by atoms with Crippen LogP contribution in [-0.2, 0) is 20.9 Å². The number of aromatic nitrogens is 1. The Morgan fingerprint density at radius 3 is 2.24 bits per heavy atom. The summed E-state index contributed by atoms with van der Waals surface area (Å²) in [5.41, 5.74) is 2.52. The molecule has 0 N–H and O–H groups in total. The molecule has 3 unspecified atom stereocenters. The molecule has 2 fully saturated rings. The molecule has 4 heterocycles. The van der Waals surface area contributed by atoms with Gasteiger partial charge in [-0.2, -0.15) is 0 Å². The van der Waals surface area contributed by atoms with Crippen LogP contribution in [0.15, 0.2) is 64.4 Å². The summed E-state index contributed by atoms with van der Waals surface area (Å²) < 4.78 is 1.54. The number of anilines is 2. The summed E-state index contributed by atoms with van der Waals surface area (Å²) in [4.78, 5) is 60.4. The van der Waals surface area contributed by atoms with Crippen LogP contribution in [0.2, 0.25) is 0 Å². The summed E-state index contributed by atoms with van der Waals surface area (Å²) >= 11 is 2.37. The SMILES string of the molecule is CCN(CC)c1ccc(C2c3sc(=O)n(CC(=O)N4CCCCC4)c3SC3C(=O)N(c4ccccc4)C(=O)C32)cc1. The fourth-order valence-electron chi connectivity index (χ4n) is 6.31. The smallest absolute Gasteiger partial charge is 0.308 e. The van der Waals surface area contributed by atoms with Crippen molar-refractivity contribution < 1.29 is 14.4 Å². The number of benzene rings is 2. The molecule has 1 aromatic heterocycles. The van der Waals surface area contributed by atoms with Gasteiger partial charge >= 0.3 is 4.87 Å². The van der Waals surface area contributed by atoms with E-state index in [1.165, 1.54) is 21.2 Å². The summed E-state index contributed by atoms with van der Waals surface area (Å²) in [5, 5.41) is -0.0477. The second kappa shape index (κ2) is 11.5. The first-order valence-corrected chi connectivity index (χ1v) is 16.1. The normalized spacial score (nSPS) is 22.0. The van der Waals surface area contributed by atoms with Crippen LogP contribution in [0.3, 0.4) is 0 Å². The highest BCUT2D eigenvalue weighted by Gasteiger charge is 2.56. The van der Waals surface area contributed by atoms with E-state index in [9.17, 15) is 19.2 Å². The molecule has 0 saturated carbocycles. The Labute approximate surface area is 247 Å². The van der Waals surface area contributed by atoms with Gasteiger partial charge in [0.1, 0.15) is 11.8 Å². The van der Waals surface area contributed by atoms with Crippen molar-refractivity contribution in [3.63, 3.8) is 0 Å². The maximum Gasteiger partial charge on any atom is 0.308 e. The Morgan fingerprint density at radius 2 is 1.59 bits per heavy atom. The van der Waals surface area contributed by atoms with Crippen LogP contribution in [0.4, 0.5) is 11.4 Å². The number of imide groups is 1. The Balaban J connectivity index is 1.43. The summed E-state index contributed by atoms with van der Waals surface area (Å²) in [6.45, 7) is 7.33. The van der Waals surface area contributed by atoms with Gasteiger partial charge in [0, 0.05) is 42.7 Å². The van der Waals surface area contributed by atoms with Gasteiger partial charge in [-0.25, -0.2) is 4.90 Å². The lowest BCUT2D eigenvalue weighted by atomic mass is 9.83. The van der Waals surface area contributed by atoms with Crippen molar-refractivity contribution in [1.29, 1.82) is 0 Å². The van der Waals surface area contributed by atoms with Gasteiger partial charge in [-0.15, -0.1) is 0 Å². The number of carbonyl (C=O) groups is 3. The lowest BCUT2D eigenvalue weighted by Crippen LogP contribution is -2.39. The topological polar surface area (TPSA) is 82.9 Å². The third-order valence-corrected chi connectivity index (χ3v) is 11.1. The van der Waals surface area contributed by atoms with Crippen molar-refractivity contribution in [2.75, 3.05) is 36.0 Å². The summed E-state index contributed by atoms with van der Waals surface area (Å²) in [7, 11) is 0. The highest BCUT2D eigenvalue weighted by Crippen LogP contribution is 2.54. The van der Waals surface area contributed by atoms with E-state index in [-0.39, 0.29) is 29.1 Å². The molecule has 3 aromatic rings. The molecule has 0 spiro atoms. The summed E-state index contributed by atoms with van der Waals surface area (Å²) in [6, 6.07) is 17.2. The molecule has 41 heavy (non-hydrogen) atoms. The number of amides is 3. The number of hydrogen-bond acceptors (Lipinski definition) is 7. The average Bonchev–Trinajstić information content (AvgIpc) is 3.45. The Bertz CT molecular complexity index is 1510. The predicted octanol–water partition coefficient (Wildman–Crippen LogP) is 4.56. The minimum Gasteiger partial charge on any atom is -0.372 e. The Hall–Kier alpha value is -3.37. The van der Waals surface area contributed by atoms with E-state index >= 15 is 0 Å². The van der Waals surface area contributed by atoms with Crippen LogP contribution in [-0.4, -0.2) is 58.6 Å². The fraction of sp³-hybridized carbons (Fsp3) is 0.419. The number of para-hydroxylation sites is 1. The van der Waals surface area contributed by atoms with E-state index in [2.05, 4.69) is 30.9 Å². The summed E-state index contributed by atoms with van der Waals surface area (Å²) in [5.74, 6) is -1.71. The molecule has 3 aliphatic rings. The van der Waals surface area contributed by atoms with Gasteiger partial charge in [-0.1, -0.05) is 53.4 Å². The predicted molar refractivity (Wildman–Crippen MR) is 163 cm³/mol. The van der Waals surface area contributed by atoms with Gasteiger partial charge in [-0.3, -0.25) is 23.7 Å². The molecular formula is C31H34N4O4S2. The van der Waals surface area contributed by atoms with E-state index in [0.717, 1.165) is 59.8 Å². The Morgan fingerprint density at radius 1 is 0.902 bits per heavy atom. The first kappa shape index (κ1) is 27.8. The molecule has 10 heteroatoms. The van der Waals surface area contributed by atoms with Gasteiger partial charge in [0.25, 0.3) is 0 Å². The maximum absolute atomic E-state index is 14.0. The molecule has 8 nitrogen and oxygen atoms in total. The minimum absolute atomic E-state index is 0.0484. The van der Waals surface area contributed by atoms with Gasteiger partial charge in [-0.05, 0) is 62.9 Å². The third-order valence-electron chi connectivity index (χ3n) is 8.45. The number of fused-ring (bicyclic) bond motifs is 2. The average molecular weight is 591 g/mol. The van der Waals surface area contributed by atoms with Gasteiger partial charge in [0.2, 0.25) is 17.7 Å². The maximum atomic E-state index is 14.0. The monoisotopic (exact) mass is 590 g/mol. The van der Waals surface area contributed by atoms with Crippen LogP contribution >= 0.6 is 23.1 Å². The molecule has 0 aliphatic carbocycles. The first-order valence-electron chi connectivity index (χ1n) is 14.4. The molecule has 2 aromatic carbocycles. The number of likely N-dealkylation sites (tertiary alicyclic amines) is 1. The van der Waals surface area contributed by atoms with Crippen LogP contribution < -0.4 is 14.7 Å². The van der Waals surface area contributed by atoms with Crippen molar-refractivity contribution >= 4 is 52.2 Å². The number of piperidine rings is 1. The van der Waals surface area contributed by atoms with Gasteiger partial charge < -0.3 is 9.80 Å². The number of thioether (sulfide) groups is 1. The minimum atomic E-state index is -0.687. The van der Waals surface area contributed by atoms with Gasteiger partial charge in [0.05, 0.1) is 16.6 Å². The zero-order valence-electron chi connectivity index (χ0n) is 23.3. The highest BCUT2D eigenvalue weighted by atomic mass is 32.2. The van der Waals surface area contributed by atoms with Crippen molar-refractivity contribution in [1.82, 2.24) is 9.47 Å². The molecule has 2 saturated heterocycles. The largest absolute Gasteiger partial charge is 0.372 e. The number of nitrogens with zero attached hydrogens (tertiary/aromatic N) is 4. The van der Waals surface area contributed by atoms with Crippen molar-refractivity contribution in [3.8, 4) is 0 Å². The molecule has 3 atom stereocenters. The zero-order chi connectivity index (χ0) is 28.7.